The molecule has 4 heteroatoms. The minimum absolute atomic E-state index is 0.518. The molecule has 0 amide bonds. The van der Waals surface area contributed by atoms with Gasteiger partial charge in [0.1, 0.15) is 0 Å². The van der Waals surface area contributed by atoms with Gasteiger partial charge in [0.15, 0.2) is 0 Å². The fourth-order valence-electron chi connectivity index (χ4n) is 3.20. The summed E-state index contributed by atoms with van der Waals surface area (Å²) in [6, 6.07) is 0.557. The van der Waals surface area contributed by atoms with E-state index < -0.39 is 0 Å². The maximum Gasteiger partial charge on any atom is 0.0821 e. The van der Waals surface area contributed by atoms with Crippen LogP contribution in [0.5, 0.6) is 0 Å². The lowest BCUT2D eigenvalue weighted by atomic mass is 9.91. The normalized spacial score (nSPS) is 24.4. The molecular formula is C15H26ClN3. The summed E-state index contributed by atoms with van der Waals surface area (Å²) in [5, 5.41) is 8.98. The highest BCUT2D eigenvalue weighted by Crippen LogP contribution is 2.35. The Morgan fingerprint density at radius 1 is 1.32 bits per heavy atom. The zero-order valence-electron chi connectivity index (χ0n) is 12.2. The summed E-state index contributed by atoms with van der Waals surface area (Å²) < 4.78 is 2.08. The van der Waals surface area contributed by atoms with Crippen LogP contribution in [0.15, 0.2) is 6.20 Å². The Morgan fingerprint density at radius 3 is 2.84 bits per heavy atom. The van der Waals surface area contributed by atoms with Crippen molar-refractivity contribution < 1.29 is 0 Å². The van der Waals surface area contributed by atoms with Crippen LogP contribution in [0.2, 0.25) is 5.02 Å². The maximum atomic E-state index is 6.40. The molecule has 19 heavy (non-hydrogen) atoms. The summed E-state index contributed by atoms with van der Waals surface area (Å²) in [4.78, 5) is 0. The minimum Gasteiger partial charge on any atom is -0.313 e. The molecule has 1 saturated carbocycles. The van der Waals surface area contributed by atoms with E-state index >= 15 is 0 Å². The molecule has 2 unspecified atom stereocenters. The van der Waals surface area contributed by atoms with Gasteiger partial charge in [-0.2, -0.15) is 5.10 Å². The van der Waals surface area contributed by atoms with Gasteiger partial charge in [0.05, 0.1) is 16.9 Å². The van der Waals surface area contributed by atoms with E-state index in [2.05, 4.69) is 28.9 Å². The average Bonchev–Trinajstić information content (AvgIpc) is 2.65. The van der Waals surface area contributed by atoms with Crippen LogP contribution in [0.1, 0.15) is 64.0 Å². The van der Waals surface area contributed by atoms with Crippen LogP contribution in [0.25, 0.3) is 0 Å². The molecule has 1 heterocycles. The number of aromatic nitrogens is 2. The summed E-state index contributed by atoms with van der Waals surface area (Å²) >= 11 is 6.40. The molecule has 0 aromatic carbocycles. The highest BCUT2D eigenvalue weighted by atomic mass is 35.5. The molecule has 0 aliphatic heterocycles. The van der Waals surface area contributed by atoms with E-state index in [0.717, 1.165) is 18.1 Å². The number of hydrogen-bond donors (Lipinski definition) is 1. The van der Waals surface area contributed by atoms with E-state index in [9.17, 15) is 0 Å². The Kier molecular flexibility index (Phi) is 5.71. The first kappa shape index (κ1) is 14.9. The average molecular weight is 284 g/mol. The zero-order chi connectivity index (χ0) is 13.7. The second kappa shape index (κ2) is 7.30. The largest absolute Gasteiger partial charge is 0.313 e. The summed E-state index contributed by atoms with van der Waals surface area (Å²) in [6.45, 7) is 6.36. The molecule has 2 atom stereocenters. The van der Waals surface area contributed by atoms with Crippen molar-refractivity contribution in [3.63, 3.8) is 0 Å². The first-order valence-corrected chi connectivity index (χ1v) is 8.10. The molecule has 1 aliphatic carbocycles. The Labute approximate surface area is 121 Å². The van der Waals surface area contributed by atoms with Crippen molar-refractivity contribution in [2.75, 3.05) is 6.54 Å². The van der Waals surface area contributed by atoms with Crippen molar-refractivity contribution in [3.8, 4) is 0 Å². The van der Waals surface area contributed by atoms with Crippen molar-refractivity contribution >= 4 is 11.6 Å². The molecule has 108 valence electrons. The van der Waals surface area contributed by atoms with Gasteiger partial charge in [-0.25, -0.2) is 0 Å². The van der Waals surface area contributed by atoms with Gasteiger partial charge in [-0.05, 0) is 32.7 Å². The third-order valence-corrected chi connectivity index (χ3v) is 4.45. The lowest BCUT2D eigenvalue weighted by molar-refractivity contribution is 0.391. The van der Waals surface area contributed by atoms with E-state index in [1.54, 1.807) is 0 Å². The molecule has 0 spiro atoms. The Balaban J connectivity index is 2.23. The molecule has 0 radical (unpaired) electrons. The van der Waals surface area contributed by atoms with E-state index in [-0.39, 0.29) is 0 Å². The standard InChI is InChI=1S/C15H26ClN3/c1-3-10-17-14-9-7-5-6-8-12(14)15-13(16)11-18-19(15)4-2/h11-12,14,17H,3-10H2,1-2H3. The molecule has 0 saturated heterocycles. The van der Waals surface area contributed by atoms with E-state index in [1.807, 2.05) is 6.20 Å². The summed E-state index contributed by atoms with van der Waals surface area (Å²) in [5.74, 6) is 0.518. The van der Waals surface area contributed by atoms with Gasteiger partial charge in [-0.3, -0.25) is 4.68 Å². The highest BCUT2D eigenvalue weighted by molar-refractivity contribution is 6.31. The van der Waals surface area contributed by atoms with Crippen molar-refractivity contribution in [1.82, 2.24) is 15.1 Å². The third-order valence-electron chi connectivity index (χ3n) is 4.16. The number of rotatable bonds is 5. The predicted molar refractivity (Wildman–Crippen MR) is 80.8 cm³/mol. The molecule has 1 aromatic rings. The molecule has 1 aromatic heterocycles. The SMILES string of the molecule is CCCNC1CCCCCC1c1c(Cl)cnn1CC. The Hall–Kier alpha value is -0.540. The maximum absolute atomic E-state index is 6.40. The molecule has 0 bridgehead atoms. The van der Waals surface area contributed by atoms with Gasteiger partial charge in [-0.1, -0.05) is 37.8 Å². The van der Waals surface area contributed by atoms with Crippen LogP contribution in [-0.2, 0) is 6.54 Å². The van der Waals surface area contributed by atoms with Crippen LogP contribution in [-0.4, -0.2) is 22.4 Å². The second-order valence-corrected chi connectivity index (χ2v) is 5.91. The van der Waals surface area contributed by atoms with Gasteiger partial charge in [0.25, 0.3) is 0 Å². The zero-order valence-corrected chi connectivity index (χ0v) is 12.9. The van der Waals surface area contributed by atoms with Gasteiger partial charge < -0.3 is 5.32 Å². The van der Waals surface area contributed by atoms with Crippen LogP contribution in [0.4, 0.5) is 0 Å². The van der Waals surface area contributed by atoms with Crippen LogP contribution in [0.3, 0.4) is 0 Å². The highest BCUT2D eigenvalue weighted by Gasteiger charge is 2.29. The number of nitrogens with one attached hydrogen (secondary N) is 1. The van der Waals surface area contributed by atoms with Crippen LogP contribution < -0.4 is 5.32 Å². The van der Waals surface area contributed by atoms with E-state index in [1.165, 1.54) is 44.2 Å². The number of nitrogens with zero attached hydrogens (tertiary/aromatic N) is 2. The molecule has 1 aliphatic rings. The summed E-state index contributed by atoms with van der Waals surface area (Å²) in [5.41, 5.74) is 1.25. The van der Waals surface area contributed by atoms with Gasteiger partial charge in [0.2, 0.25) is 0 Å². The molecule has 3 nitrogen and oxygen atoms in total. The van der Waals surface area contributed by atoms with Gasteiger partial charge in [-0.15, -0.1) is 0 Å². The van der Waals surface area contributed by atoms with E-state index in [0.29, 0.717) is 12.0 Å². The van der Waals surface area contributed by atoms with E-state index in [4.69, 9.17) is 11.6 Å². The van der Waals surface area contributed by atoms with Crippen molar-refractivity contribution in [1.29, 1.82) is 0 Å². The number of halogens is 1. The van der Waals surface area contributed by atoms with Gasteiger partial charge in [0, 0.05) is 18.5 Å². The van der Waals surface area contributed by atoms with Gasteiger partial charge >= 0.3 is 0 Å². The quantitative estimate of drug-likeness (QED) is 0.829. The topological polar surface area (TPSA) is 29.9 Å². The molecule has 1 fully saturated rings. The molecule has 1 N–H and O–H groups in total. The second-order valence-electron chi connectivity index (χ2n) is 5.50. The molecular weight excluding hydrogens is 258 g/mol. The minimum atomic E-state index is 0.518. The van der Waals surface area contributed by atoms with Crippen molar-refractivity contribution in [2.24, 2.45) is 0 Å². The summed E-state index contributed by atoms with van der Waals surface area (Å²) in [6.07, 6.45) is 9.46. The Morgan fingerprint density at radius 2 is 2.11 bits per heavy atom. The molecule has 2 rings (SSSR count). The third kappa shape index (κ3) is 3.51. The number of aryl methyl sites for hydroxylation is 1. The summed E-state index contributed by atoms with van der Waals surface area (Å²) in [7, 11) is 0. The lowest BCUT2D eigenvalue weighted by Crippen LogP contribution is -2.36. The predicted octanol–water partition coefficient (Wildman–Crippen LogP) is 3.97. The lowest BCUT2D eigenvalue weighted by Gasteiger charge is -2.27. The fraction of sp³-hybridized carbons (Fsp3) is 0.800. The monoisotopic (exact) mass is 283 g/mol. The first-order valence-electron chi connectivity index (χ1n) is 7.72. The van der Waals surface area contributed by atoms with Crippen molar-refractivity contribution in [3.05, 3.63) is 16.9 Å². The number of hydrogen-bond acceptors (Lipinski definition) is 2. The van der Waals surface area contributed by atoms with Crippen LogP contribution >= 0.6 is 11.6 Å². The first-order chi connectivity index (χ1) is 9.27. The Bertz CT molecular complexity index is 389. The smallest absolute Gasteiger partial charge is 0.0821 e. The fourth-order valence-corrected chi connectivity index (χ4v) is 3.48. The van der Waals surface area contributed by atoms with Crippen LogP contribution in [0, 0.1) is 0 Å². The van der Waals surface area contributed by atoms with Crippen molar-refractivity contribution in [2.45, 2.75) is 70.9 Å².